The normalized spacial score (nSPS) is 22.2. The first-order valence-corrected chi connectivity index (χ1v) is 6.28. The van der Waals surface area contributed by atoms with Crippen LogP contribution in [0.25, 0.3) is 5.57 Å². The Morgan fingerprint density at radius 1 is 0.889 bits per heavy atom. The molecule has 1 aliphatic rings. The van der Waals surface area contributed by atoms with Crippen LogP contribution in [-0.2, 0) is 0 Å². The van der Waals surface area contributed by atoms with E-state index in [1.54, 1.807) is 0 Å². The Kier molecular flexibility index (Phi) is 2.77. The first-order chi connectivity index (χ1) is 8.77. The zero-order chi connectivity index (χ0) is 12.5. The Labute approximate surface area is 107 Å². The van der Waals surface area contributed by atoms with E-state index in [1.807, 2.05) is 36.4 Å². The van der Waals surface area contributed by atoms with Gasteiger partial charge in [0.15, 0.2) is 0 Å². The second-order valence-electron chi connectivity index (χ2n) is 4.82. The van der Waals surface area contributed by atoms with Crippen molar-refractivity contribution in [2.24, 2.45) is 0 Å². The van der Waals surface area contributed by atoms with Crippen LogP contribution in [0.15, 0.2) is 60.7 Å². The fourth-order valence-electron chi connectivity index (χ4n) is 2.71. The van der Waals surface area contributed by atoms with Crippen molar-refractivity contribution < 1.29 is 5.11 Å². The first kappa shape index (κ1) is 11.2. The summed E-state index contributed by atoms with van der Waals surface area (Å²) in [7, 11) is 0. The van der Waals surface area contributed by atoms with Crippen molar-refractivity contribution in [3.8, 4) is 0 Å². The van der Waals surface area contributed by atoms with Crippen LogP contribution >= 0.6 is 0 Å². The summed E-state index contributed by atoms with van der Waals surface area (Å²) in [6.07, 6.45) is 1.72. The lowest BCUT2D eigenvalue weighted by molar-refractivity contribution is 0.160. The van der Waals surface area contributed by atoms with Crippen LogP contribution in [0.4, 0.5) is 0 Å². The standard InChI is InChI=1S/C17H16O/c1-12-11-16(13-7-3-2-4-8-13)17(18)15-10-6-5-9-14(12)15/h2-11,16-18H,1H3/t16-,17-/m1/s1. The van der Waals surface area contributed by atoms with Crippen LogP contribution in [0.5, 0.6) is 0 Å². The van der Waals surface area contributed by atoms with E-state index < -0.39 is 6.10 Å². The van der Waals surface area contributed by atoms with Crippen molar-refractivity contribution >= 4 is 5.57 Å². The average molecular weight is 236 g/mol. The number of rotatable bonds is 1. The van der Waals surface area contributed by atoms with Crippen LogP contribution in [0.3, 0.4) is 0 Å². The molecular weight excluding hydrogens is 220 g/mol. The highest BCUT2D eigenvalue weighted by molar-refractivity contribution is 5.70. The number of fused-ring (bicyclic) bond motifs is 1. The molecule has 0 aromatic heterocycles. The van der Waals surface area contributed by atoms with Gasteiger partial charge >= 0.3 is 0 Å². The number of aliphatic hydroxyl groups excluding tert-OH is 1. The zero-order valence-corrected chi connectivity index (χ0v) is 10.4. The molecule has 90 valence electrons. The molecule has 1 aliphatic carbocycles. The monoisotopic (exact) mass is 236 g/mol. The first-order valence-electron chi connectivity index (χ1n) is 6.28. The number of hydrogen-bond donors (Lipinski definition) is 1. The van der Waals surface area contributed by atoms with Gasteiger partial charge in [-0.15, -0.1) is 0 Å². The van der Waals surface area contributed by atoms with Crippen molar-refractivity contribution in [1.29, 1.82) is 0 Å². The van der Waals surface area contributed by atoms with Gasteiger partial charge in [0.1, 0.15) is 0 Å². The van der Waals surface area contributed by atoms with Gasteiger partial charge in [0, 0.05) is 5.92 Å². The molecule has 0 bridgehead atoms. The Morgan fingerprint density at radius 2 is 1.56 bits per heavy atom. The quantitative estimate of drug-likeness (QED) is 0.795. The van der Waals surface area contributed by atoms with Gasteiger partial charge in [-0.1, -0.05) is 60.7 Å². The van der Waals surface area contributed by atoms with E-state index in [-0.39, 0.29) is 5.92 Å². The smallest absolute Gasteiger partial charge is 0.0899 e. The molecule has 2 aromatic rings. The van der Waals surface area contributed by atoms with Crippen molar-refractivity contribution in [1.82, 2.24) is 0 Å². The van der Waals surface area contributed by atoms with Crippen molar-refractivity contribution in [2.45, 2.75) is 18.9 Å². The number of aliphatic hydroxyl groups is 1. The highest BCUT2D eigenvalue weighted by Crippen LogP contribution is 2.41. The minimum absolute atomic E-state index is 0.0566. The highest BCUT2D eigenvalue weighted by atomic mass is 16.3. The van der Waals surface area contributed by atoms with Gasteiger partial charge < -0.3 is 5.11 Å². The summed E-state index contributed by atoms with van der Waals surface area (Å²) in [4.78, 5) is 0. The van der Waals surface area contributed by atoms with E-state index in [1.165, 1.54) is 11.1 Å². The molecule has 0 spiro atoms. The molecule has 0 saturated heterocycles. The lowest BCUT2D eigenvalue weighted by Gasteiger charge is -2.28. The van der Waals surface area contributed by atoms with Crippen molar-refractivity contribution in [3.63, 3.8) is 0 Å². The fraction of sp³-hybridized carbons (Fsp3) is 0.176. The van der Waals surface area contributed by atoms with E-state index >= 15 is 0 Å². The minimum atomic E-state index is -0.452. The largest absolute Gasteiger partial charge is 0.387 e. The third-order valence-electron chi connectivity index (χ3n) is 3.66. The zero-order valence-electron chi connectivity index (χ0n) is 10.4. The summed E-state index contributed by atoms with van der Waals surface area (Å²) in [5, 5.41) is 10.5. The maximum absolute atomic E-state index is 10.5. The van der Waals surface area contributed by atoms with E-state index in [4.69, 9.17) is 0 Å². The Morgan fingerprint density at radius 3 is 2.33 bits per heavy atom. The molecule has 0 radical (unpaired) electrons. The predicted octanol–water partition coefficient (Wildman–Crippen LogP) is 3.92. The summed E-state index contributed by atoms with van der Waals surface area (Å²) in [5.74, 6) is 0.0566. The number of allylic oxidation sites excluding steroid dienone is 1. The Hall–Kier alpha value is -1.86. The van der Waals surface area contributed by atoms with Crippen LogP contribution in [0.2, 0.25) is 0 Å². The van der Waals surface area contributed by atoms with Crippen molar-refractivity contribution in [3.05, 3.63) is 77.4 Å². The molecule has 1 nitrogen and oxygen atoms in total. The van der Waals surface area contributed by atoms with Crippen LogP contribution in [0, 0.1) is 0 Å². The van der Waals surface area contributed by atoms with Gasteiger partial charge in [0.05, 0.1) is 6.10 Å². The Balaban J connectivity index is 2.09. The SMILES string of the molecule is CC1=C[C@H](c2ccccc2)[C@H](O)c2ccccc21. The molecule has 0 unspecified atom stereocenters. The van der Waals surface area contributed by atoms with Crippen LogP contribution < -0.4 is 0 Å². The molecule has 0 fully saturated rings. The van der Waals surface area contributed by atoms with Crippen LogP contribution in [-0.4, -0.2) is 5.11 Å². The molecular formula is C17H16O. The van der Waals surface area contributed by atoms with Gasteiger partial charge in [-0.3, -0.25) is 0 Å². The van der Waals surface area contributed by atoms with Crippen molar-refractivity contribution in [2.75, 3.05) is 0 Å². The molecule has 18 heavy (non-hydrogen) atoms. The van der Waals surface area contributed by atoms with Gasteiger partial charge in [0.25, 0.3) is 0 Å². The minimum Gasteiger partial charge on any atom is -0.387 e. The lowest BCUT2D eigenvalue weighted by Crippen LogP contribution is -2.15. The van der Waals surface area contributed by atoms with Gasteiger partial charge in [-0.2, -0.15) is 0 Å². The van der Waals surface area contributed by atoms with E-state index in [0.717, 1.165) is 11.1 Å². The van der Waals surface area contributed by atoms with E-state index in [9.17, 15) is 5.11 Å². The second-order valence-corrected chi connectivity index (χ2v) is 4.82. The van der Waals surface area contributed by atoms with E-state index in [2.05, 4.69) is 31.2 Å². The Bertz CT molecular complexity index is 584. The summed E-state index contributed by atoms with van der Waals surface area (Å²) >= 11 is 0. The van der Waals surface area contributed by atoms with Gasteiger partial charge in [0.2, 0.25) is 0 Å². The molecule has 0 heterocycles. The lowest BCUT2D eigenvalue weighted by atomic mass is 9.79. The third-order valence-corrected chi connectivity index (χ3v) is 3.66. The highest BCUT2D eigenvalue weighted by Gasteiger charge is 2.27. The maximum atomic E-state index is 10.5. The third kappa shape index (κ3) is 1.77. The fourth-order valence-corrected chi connectivity index (χ4v) is 2.71. The molecule has 1 N–H and O–H groups in total. The number of benzene rings is 2. The molecule has 2 atom stereocenters. The predicted molar refractivity (Wildman–Crippen MR) is 74.2 cm³/mol. The molecule has 2 aromatic carbocycles. The summed E-state index contributed by atoms with van der Waals surface area (Å²) < 4.78 is 0. The molecule has 1 heteroatoms. The van der Waals surface area contributed by atoms with E-state index in [0.29, 0.717) is 0 Å². The number of hydrogen-bond acceptors (Lipinski definition) is 1. The summed E-state index contributed by atoms with van der Waals surface area (Å²) in [6, 6.07) is 18.3. The molecule has 0 amide bonds. The topological polar surface area (TPSA) is 20.2 Å². The summed E-state index contributed by atoms with van der Waals surface area (Å²) in [6.45, 7) is 2.11. The summed E-state index contributed by atoms with van der Waals surface area (Å²) in [5.41, 5.74) is 4.60. The second kappa shape index (κ2) is 4.43. The van der Waals surface area contributed by atoms with Crippen LogP contribution in [0.1, 0.15) is 35.6 Å². The maximum Gasteiger partial charge on any atom is 0.0899 e. The van der Waals surface area contributed by atoms with Gasteiger partial charge in [-0.25, -0.2) is 0 Å². The average Bonchev–Trinajstić information content (AvgIpc) is 2.44. The molecule has 0 saturated carbocycles. The molecule has 3 rings (SSSR count). The van der Waals surface area contributed by atoms with Gasteiger partial charge in [-0.05, 0) is 29.2 Å². The molecule has 0 aliphatic heterocycles.